The van der Waals surface area contributed by atoms with Gasteiger partial charge in [-0.2, -0.15) is 0 Å². The highest BCUT2D eigenvalue weighted by atomic mass is 31.2. The Kier molecular flexibility index (Phi) is 5.17. The van der Waals surface area contributed by atoms with Crippen LogP contribution in [0.3, 0.4) is 0 Å². The molecule has 2 heteroatoms. The van der Waals surface area contributed by atoms with E-state index in [-0.39, 0.29) is 0 Å². The normalized spacial score (nSPS) is 12.1. The van der Waals surface area contributed by atoms with Gasteiger partial charge < -0.3 is 4.57 Å². The third kappa shape index (κ3) is 3.38. The van der Waals surface area contributed by atoms with Gasteiger partial charge in [0, 0.05) is 15.9 Å². The number of benzene rings is 8. The molecule has 0 aliphatic heterocycles. The lowest BCUT2D eigenvalue weighted by molar-refractivity contribution is 0.593. The molecule has 8 aromatic carbocycles. The number of hydrogen-bond acceptors (Lipinski definition) is 1. The summed E-state index contributed by atoms with van der Waals surface area (Å²) < 4.78 is 16.4. The van der Waals surface area contributed by atoms with Gasteiger partial charge in [0.15, 0.2) is 7.14 Å². The van der Waals surface area contributed by atoms with Crippen LogP contribution in [0, 0.1) is 0 Å². The fraction of sp³-hybridized carbons (Fsp3) is 0. The van der Waals surface area contributed by atoms with E-state index in [0.717, 1.165) is 59.0 Å². The molecule has 0 heterocycles. The first-order valence-corrected chi connectivity index (χ1v) is 15.3. The van der Waals surface area contributed by atoms with Gasteiger partial charge in [0.2, 0.25) is 0 Å². The molecule has 0 spiro atoms. The van der Waals surface area contributed by atoms with Gasteiger partial charge in [0.05, 0.1) is 0 Å². The van der Waals surface area contributed by atoms with Gasteiger partial charge in [-0.05, 0) is 72.1 Å². The summed E-state index contributed by atoms with van der Waals surface area (Å²) in [4.78, 5) is 0. The number of hydrogen-bond donors (Lipinski definition) is 0. The highest BCUT2D eigenvalue weighted by Crippen LogP contribution is 2.48. The lowest BCUT2D eigenvalue weighted by Gasteiger charge is -2.25. The first kappa shape index (κ1) is 23.2. The third-order valence-electron chi connectivity index (χ3n) is 8.27. The molecular weight excluding hydrogens is 503 g/mol. The van der Waals surface area contributed by atoms with Gasteiger partial charge in [0.1, 0.15) is 0 Å². The van der Waals surface area contributed by atoms with E-state index in [9.17, 15) is 0 Å². The largest absolute Gasteiger partial charge is 0.309 e. The lowest BCUT2D eigenvalue weighted by atomic mass is 10.0. The Morgan fingerprint density at radius 2 is 0.725 bits per heavy atom. The van der Waals surface area contributed by atoms with Crippen molar-refractivity contribution < 1.29 is 4.57 Å². The predicted molar refractivity (Wildman–Crippen MR) is 173 cm³/mol. The highest BCUT2D eigenvalue weighted by molar-refractivity contribution is 7.86. The van der Waals surface area contributed by atoms with Crippen molar-refractivity contribution in [3.63, 3.8) is 0 Å². The van der Waals surface area contributed by atoms with Gasteiger partial charge in [-0.25, -0.2) is 0 Å². The van der Waals surface area contributed by atoms with Gasteiger partial charge in [-0.15, -0.1) is 0 Å². The van der Waals surface area contributed by atoms with Gasteiger partial charge in [-0.3, -0.25) is 0 Å². The molecular formula is C38H25OP. The van der Waals surface area contributed by atoms with Crippen LogP contribution in [0.25, 0.3) is 53.9 Å². The fourth-order valence-electron chi connectivity index (χ4n) is 6.37. The first-order chi connectivity index (χ1) is 19.7. The van der Waals surface area contributed by atoms with E-state index in [1.54, 1.807) is 0 Å². The van der Waals surface area contributed by atoms with E-state index in [1.165, 1.54) is 10.8 Å². The lowest BCUT2D eigenvalue weighted by Crippen LogP contribution is -2.26. The summed E-state index contributed by atoms with van der Waals surface area (Å²) in [5.74, 6) is 0. The van der Waals surface area contributed by atoms with Crippen LogP contribution in [0.2, 0.25) is 0 Å². The smallest absolute Gasteiger partial charge is 0.172 e. The molecule has 0 aliphatic carbocycles. The van der Waals surface area contributed by atoms with Crippen LogP contribution in [0.5, 0.6) is 0 Å². The Hall–Kier alpha value is -4.71. The molecule has 0 amide bonds. The number of fused-ring (bicyclic) bond motifs is 7. The molecule has 0 saturated heterocycles. The maximum atomic E-state index is 16.4. The maximum Gasteiger partial charge on any atom is 0.172 e. The van der Waals surface area contributed by atoms with E-state index < -0.39 is 7.14 Å². The molecule has 1 nitrogen and oxygen atoms in total. The second-order valence-electron chi connectivity index (χ2n) is 10.5. The zero-order chi connectivity index (χ0) is 26.7. The Labute approximate surface area is 232 Å². The van der Waals surface area contributed by atoms with Crippen molar-refractivity contribution in [2.45, 2.75) is 0 Å². The van der Waals surface area contributed by atoms with Gasteiger partial charge in [0.25, 0.3) is 0 Å². The van der Waals surface area contributed by atoms with Crippen LogP contribution in [-0.4, -0.2) is 0 Å². The monoisotopic (exact) mass is 528 g/mol. The quantitative estimate of drug-likeness (QED) is 0.165. The molecule has 0 saturated carbocycles. The summed E-state index contributed by atoms with van der Waals surface area (Å²) in [5, 5.41) is 13.7. The second-order valence-corrected chi connectivity index (χ2v) is 13.2. The molecule has 0 atom stereocenters. The van der Waals surface area contributed by atoms with Crippen LogP contribution in [0.1, 0.15) is 0 Å². The molecule has 8 rings (SSSR count). The Bertz CT molecular complexity index is 2190. The Morgan fingerprint density at radius 3 is 1.25 bits per heavy atom. The van der Waals surface area contributed by atoms with Crippen LogP contribution >= 0.6 is 7.14 Å². The molecule has 0 unspecified atom stereocenters. The Balaban J connectivity index is 1.59. The van der Waals surface area contributed by atoms with Crippen molar-refractivity contribution in [3.8, 4) is 0 Å². The zero-order valence-corrected chi connectivity index (χ0v) is 22.7. The molecule has 8 aromatic rings. The minimum atomic E-state index is -3.38. The molecule has 0 N–H and O–H groups in total. The second kappa shape index (κ2) is 8.91. The number of rotatable bonds is 3. The van der Waals surface area contributed by atoms with Gasteiger partial charge in [-0.1, -0.05) is 133 Å². The van der Waals surface area contributed by atoms with Crippen molar-refractivity contribution in [3.05, 3.63) is 152 Å². The highest BCUT2D eigenvalue weighted by Gasteiger charge is 2.34. The van der Waals surface area contributed by atoms with E-state index in [2.05, 4.69) is 146 Å². The summed E-state index contributed by atoms with van der Waals surface area (Å²) in [6, 6.07) is 52.7. The van der Waals surface area contributed by atoms with E-state index >= 15 is 4.57 Å². The third-order valence-corrected chi connectivity index (χ3v) is 11.4. The van der Waals surface area contributed by atoms with Crippen LogP contribution in [-0.2, 0) is 4.57 Å². The molecule has 0 bridgehead atoms. The maximum absolute atomic E-state index is 16.4. The fourth-order valence-corrected chi connectivity index (χ4v) is 9.50. The average Bonchev–Trinajstić information content (AvgIpc) is 3.03. The minimum absolute atomic E-state index is 0.854. The molecule has 40 heavy (non-hydrogen) atoms. The van der Waals surface area contributed by atoms with Crippen molar-refractivity contribution in [1.82, 2.24) is 0 Å². The zero-order valence-electron chi connectivity index (χ0n) is 21.8. The summed E-state index contributed by atoms with van der Waals surface area (Å²) in [5.41, 5.74) is 0. The van der Waals surface area contributed by atoms with Crippen LogP contribution < -0.4 is 15.9 Å². The van der Waals surface area contributed by atoms with Crippen molar-refractivity contribution in [2.75, 3.05) is 0 Å². The van der Waals surface area contributed by atoms with Crippen molar-refractivity contribution in [1.29, 1.82) is 0 Å². The topological polar surface area (TPSA) is 17.1 Å². The summed E-state index contributed by atoms with van der Waals surface area (Å²) >= 11 is 0. The van der Waals surface area contributed by atoms with Crippen LogP contribution in [0.4, 0.5) is 0 Å². The molecule has 188 valence electrons. The molecule has 0 aromatic heterocycles. The average molecular weight is 529 g/mol. The SMILES string of the molecule is O=P(c1ccc2ccccc2c1)(c1cc2ccccc2c2ccccc12)c1cc2ccccc2c2ccccc12. The summed E-state index contributed by atoms with van der Waals surface area (Å²) in [7, 11) is -3.38. The van der Waals surface area contributed by atoms with E-state index in [1.807, 2.05) is 6.07 Å². The van der Waals surface area contributed by atoms with Gasteiger partial charge >= 0.3 is 0 Å². The van der Waals surface area contributed by atoms with E-state index in [0.29, 0.717) is 0 Å². The summed E-state index contributed by atoms with van der Waals surface area (Å²) in [6.45, 7) is 0. The standard InChI is InChI=1S/C38H25OP/c39-40(30-22-21-26-11-1-2-12-27(26)23-30,37-24-28-13-3-5-15-31(28)33-17-7-9-19-35(33)37)38-25-29-14-4-6-16-32(29)34-18-8-10-20-36(34)38/h1-25H. The van der Waals surface area contributed by atoms with Crippen molar-refractivity contribution >= 4 is 76.9 Å². The predicted octanol–water partition coefficient (Wildman–Crippen LogP) is 9.09. The van der Waals surface area contributed by atoms with E-state index in [4.69, 9.17) is 0 Å². The molecule has 0 radical (unpaired) electrons. The Morgan fingerprint density at radius 1 is 0.325 bits per heavy atom. The molecule has 0 fully saturated rings. The van der Waals surface area contributed by atoms with Crippen LogP contribution in [0.15, 0.2) is 152 Å². The minimum Gasteiger partial charge on any atom is -0.309 e. The molecule has 0 aliphatic rings. The first-order valence-electron chi connectivity index (χ1n) is 13.6. The summed E-state index contributed by atoms with van der Waals surface area (Å²) in [6.07, 6.45) is 0. The van der Waals surface area contributed by atoms with Crippen molar-refractivity contribution in [2.24, 2.45) is 0 Å².